The lowest BCUT2D eigenvalue weighted by Crippen LogP contribution is -2.33. The molecule has 2 aromatic heterocycles. The molecule has 1 amide bonds. The molecule has 188 valence electrons. The highest BCUT2D eigenvalue weighted by Crippen LogP contribution is 2.39. The van der Waals surface area contributed by atoms with Crippen molar-refractivity contribution in [2.75, 3.05) is 30.9 Å². The maximum Gasteiger partial charge on any atom is 0.226 e. The number of thiocarbonyl (C=S) groups is 1. The SMILES string of the molecule is CN(C)c1ccc(-n2cccc2[C@@H]2[C@H](c3ccccn3)NC(=S)N2CCC(=O)Nc2ccccc2)cc1. The zero-order valence-corrected chi connectivity index (χ0v) is 21.7. The summed E-state index contributed by atoms with van der Waals surface area (Å²) in [7, 11) is 4.06. The Hall–Kier alpha value is -4.17. The summed E-state index contributed by atoms with van der Waals surface area (Å²) in [5.74, 6) is -0.0521. The summed E-state index contributed by atoms with van der Waals surface area (Å²) in [6, 6.07) is 27.7. The molecular weight excluding hydrogens is 480 g/mol. The molecule has 1 fully saturated rings. The van der Waals surface area contributed by atoms with E-state index in [0.29, 0.717) is 18.1 Å². The van der Waals surface area contributed by atoms with Crippen molar-refractivity contribution in [2.45, 2.75) is 18.5 Å². The molecule has 0 aliphatic carbocycles. The van der Waals surface area contributed by atoms with E-state index in [9.17, 15) is 4.79 Å². The van der Waals surface area contributed by atoms with Gasteiger partial charge in [-0.05, 0) is 72.9 Å². The van der Waals surface area contributed by atoms with Gasteiger partial charge in [-0.2, -0.15) is 0 Å². The number of pyridine rings is 1. The summed E-state index contributed by atoms with van der Waals surface area (Å²) < 4.78 is 2.19. The van der Waals surface area contributed by atoms with E-state index < -0.39 is 0 Å². The molecule has 0 saturated carbocycles. The third kappa shape index (κ3) is 5.34. The van der Waals surface area contributed by atoms with Crippen LogP contribution in [0.1, 0.15) is 29.9 Å². The monoisotopic (exact) mass is 510 g/mol. The lowest BCUT2D eigenvalue weighted by molar-refractivity contribution is -0.116. The van der Waals surface area contributed by atoms with E-state index in [1.807, 2.05) is 68.7 Å². The van der Waals surface area contributed by atoms with Crippen molar-refractivity contribution in [3.63, 3.8) is 0 Å². The van der Waals surface area contributed by atoms with Gasteiger partial charge in [0.25, 0.3) is 0 Å². The number of carbonyl (C=O) groups excluding carboxylic acids is 1. The Morgan fingerprint density at radius 2 is 1.76 bits per heavy atom. The predicted octanol–water partition coefficient (Wildman–Crippen LogP) is 4.94. The topological polar surface area (TPSA) is 65.4 Å². The molecule has 0 radical (unpaired) electrons. The number of rotatable bonds is 8. The second-order valence-electron chi connectivity index (χ2n) is 9.20. The van der Waals surface area contributed by atoms with Crippen LogP contribution in [-0.2, 0) is 4.79 Å². The van der Waals surface area contributed by atoms with Crippen LogP contribution in [0.15, 0.2) is 97.3 Å². The number of nitrogens with one attached hydrogen (secondary N) is 2. The Labute approximate surface area is 222 Å². The van der Waals surface area contributed by atoms with Gasteiger partial charge in [-0.25, -0.2) is 0 Å². The fourth-order valence-electron chi connectivity index (χ4n) is 4.72. The Kier molecular flexibility index (Phi) is 7.18. The third-order valence-corrected chi connectivity index (χ3v) is 6.92. The van der Waals surface area contributed by atoms with Gasteiger partial charge in [0.1, 0.15) is 0 Å². The second-order valence-corrected chi connectivity index (χ2v) is 9.58. The smallest absolute Gasteiger partial charge is 0.226 e. The van der Waals surface area contributed by atoms with E-state index in [2.05, 4.69) is 66.5 Å². The highest BCUT2D eigenvalue weighted by atomic mass is 32.1. The molecule has 8 heteroatoms. The van der Waals surface area contributed by atoms with E-state index in [1.54, 1.807) is 6.20 Å². The fourth-order valence-corrected chi connectivity index (χ4v) is 5.05. The molecule has 7 nitrogen and oxygen atoms in total. The van der Waals surface area contributed by atoms with Crippen LogP contribution in [0.5, 0.6) is 0 Å². The Bertz CT molecular complexity index is 1350. The molecule has 1 saturated heterocycles. The van der Waals surface area contributed by atoms with Crippen LogP contribution in [0.2, 0.25) is 0 Å². The summed E-state index contributed by atoms with van der Waals surface area (Å²) in [6.07, 6.45) is 4.17. The molecule has 0 spiro atoms. The van der Waals surface area contributed by atoms with Crippen molar-refractivity contribution in [3.05, 3.63) is 109 Å². The molecule has 2 aromatic carbocycles. The number of hydrogen-bond donors (Lipinski definition) is 2. The number of carbonyl (C=O) groups is 1. The summed E-state index contributed by atoms with van der Waals surface area (Å²) in [5.41, 5.74) is 4.96. The predicted molar refractivity (Wildman–Crippen MR) is 152 cm³/mol. The summed E-state index contributed by atoms with van der Waals surface area (Å²) in [4.78, 5) is 21.6. The van der Waals surface area contributed by atoms with Gasteiger partial charge < -0.3 is 25.0 Å². The Balaban J connectivity index is 1.44. The number of aromatic nitrogens is 2. The molecule has 1 aliphatic heterocycles. The van der Waals surface area contributed by atoms with Crippen LogP contribution < -0.4 is 15.5 Å². The first-order chi connectivity index (χ1) is 18.0. The van der Waals surface area contributed by atoms with Gasteiger partial charge in [0, 0.05) is 62.2 Å². The molecular formula is C29H30N6OS. The Morgan fingerprint density at radius 3 is 2.46 bits per heavy atom. The van der Waals surface area contributed by atoms with Crippen LogP contribution in [0, 0.1) is 0 Å². The van der Waals surface area contributed by atoms with Gasteiger partial charge in [-0.15, -0.1) is 0 Å². The molecule has 1 aliphatic rings. The molecule has 37 heavy (non-hydrogen) atoms. The number of hydrogen-bond acceptors (Lipinski definition) is 4. The molecule has 4 aromatic rings. The molecule has 5 rings (SSSR count). The van der Waals surface area contributed by atoms with Gasteiger partial charge >= 0.3 is 0 Å². The molecule has 0 unspecified atom stereocenters. The maximum atomic E-state index is 12.8. The van der Waals surface area contributed by atoms with E-state index in [1.165, 1.54) is 0 Å². The lowest BCUT2D eigenvalue weighted by atomic mass is 10.0. The molecule has 2 atom stereocenters. The lowest BCUT2D eigenvalue weighted by Gasteiger charge is -2.29. The Morgan fingerprint density at radius 1 is 1.00 bits per heavy atom. The van der Waals surface area contributed by atoms with Crippen molar-refractivity contribution in [1.29, 1.82) is 0 Å². The van der Waals surface area contributed by atoms with Crippen molar-refractivity contribution in [1.82, 2.24) is 19.8 Å². The standard InChI is InChI=1S/C29H30N6OS/c1-33(2)22-13-15-23(16-14-22)34-19-8-12-25(34)28-27(24-11-6-7-18-30-24)32-29(37)35(28)20-17-26(36)31-21-9-4-3-5-10-21/h3-16,18-19,27-28H,17,20H2,1-2H3,(H,31,36)(H,32,37)/t27-,28+/m0/s1. The highest BCUT2D eigenvalue weighted by Gasteiger charge is 2.41. The first kappa shape index (κ1) is 24.5. The average molecular weight is 511 g/mol. The number of anilines is 2. The number of nitrogens with zero attached hydrogens (tertiary/aromatic N) is 4. The number of amides is 1. The van der Waals surface area contributed by atoms with Crippen molar-refractivity contribution in [3.8, 4) is 5.69 Å². The van der Waals surface area contributed by atoms with E-state index in [-0.39, 0.29) is 18.0 Å². The van der Waals surface area contributed by atoms with Crippen LogP contribution in [-0.4, -0.2) is 46.1 Å². The van der Waals surface area contributed by atoms with Gasteiger partial charge in [-0.1, -0.05) is 24.3 Å². The van der Waals surface area contributed by atoms with Gasteiger partial charge in [0.15, 0.2) is 5.11 Å². The number of benzene rings is 2. The van der Waals surface area contributed by atoms with Crippen molar-refractivity contribution in [2.24, 2.45) is 0 Å². The maximum absolute atomic E-state index is 12.8. The quantitative estimate of drug-likeness (QED) is 0.328. The van der Waals surface area contributed by atoms with Crippen LogP contribution in [0.4, 0.5) is 11.4 Å². The highest BCUT2D eigenvalue weighted by molar-refractivity contribution is 7.80. The number of para-hydroxylation sites is 1. The van der Waals surface area contributed by atoms with Gasteiger partial charge in [-0.3, -0.25) is 9.78 Å². The minimum absolute atomic E-state index is 0.0521. The molecule has 2 N–H and O–H groups in total. The zero-order valence-electron chi connectivity index (χ0n) is 20.9. The van der Waals surface area contributed by atoms with Crippen molar-refractivity contribution >= 4 is 34.6 Å². The van der Waals surface area contributed by atoms with Crippen LogP contribution >= 0.6 is 12.2 Å². The largest absolute Gasteiger partial charge is 0.378 e. The summed E-state index contributed by atoms with van der Waals surface area (Å²) in [6.45, 7) is 0.475. The minimum Gasteiger partial charge on any atom is -0.378 e. The van der Waals surface area contributed by atoms with Crippen LogP contribution in [0.25, 0.3) is 5.69 Å². The second kappa shape index (κ2) is 10.8. The first-order valence-electron chi connectivity index (χ1n) is 12.3. The first-order valence-corrected chi connectivity index (χ1v) is 12.7. The summed E-state index contributed by atoms with van der Waals surface area (Å²) in [5, 5.41) is 7.07. The van der Waals surface area contributed by atoms with E-state index >= 15 is 0 Å². The molecule has 0 bridgehead atoms. The summed E-state index contributed by atoms with van der Waals surface area (Å²) >= 11 is 5.80. The van der Waals surface area contributed by atoms with E-state index in [0.717, 1.165) is 28.5 Å². The van der Waals surface area contributed by atoms with E-state index in [4.69, 9.17) is 12.2 Å². The van der Waals surface area contributed by atoms with Crippen molar-refractivity contribution < 1.29 is 4.79 Å². The molecule has 3 heterocycles. The zero-order chi connectivity index (χ0) is 25.8. The average Bonchev–Trinajstić information content (AvgIpc) is 3.52. The normalized spacial score (nSPS) is 16.9. The van der Waals surface area contributed by atoms with Crippen LogP contribution in [0.3, 0.4) is 0 Å². The van der Waals surface area contributed by atoms with Gasteiger partial charge in [0.05, 0.1) is 17.8 Å². The fraction of sp³-hybridized carbons (Fsp3) is 0.207. The minimum atomic E-state index is -0.152. The third-order valence-electron chi connectivity index (χ3n) is 6.56. The van der Waals surface area contributed by atoms with Gasteiger partial charge in [0.2, 0.25) is 5.91 Å².